The van der Waals surface area contributed by atoms with Gasteiger partial charge in [0.25, 0.3) is 11.8 Å². The molecule has 5 nitrogen and oxygen atoms in total. The minimum Gasteiger partial charge on any atom is -0.307 e. The number of hydrogen-bond acceptors (Lipinski definition) is 4. The first-order chi connectivity index (χ1) is 12.6. The number of nitrogens with zero attached hydrogens (tertiary/aromatic N) is 1. The van der Waals surface area contributed by atoms with Gasteiger partial charge in [-0.15, -0.1) is 0 Å². The van der Waals surface area contributed by atoms with Crippen molar-refractivity contribution in [3.63, 3.8) is 0 Å². The SMILES string of the molecule is O=C(CNC1CCCCCCC1)C1CCC(CN2C(=O)C=CC2=O)CC1. The molecule has 3 aliphatic rings. The molecule has 1 aliphatic heterocycles. The molecule has 2 amide bonds. The number of carbonyl (C=O) groups is 3. The van der Waals surface area contributed by atoms with Crippen molar-refractivity contribution >= 4 is 17.6 Å². The van der Waals surface area contributed by atoms with E-state index in [-0.39, 0.29) is 17.7 Å². The monoisotopic (exact) mass is 360 g/mol. The minimum atomic E-state index is -0.198. The van der Waals surface area contributed by atoms with E-state index in [0.29, 0.717) is 30.8 Å². The van der Waals surface area contributed by atoms with Gasteiger partial charge in [0.1, 0.15) is 5.78 Å². The topological polar surface area (TPSA) is 66.5 Å². The number of ketones is 1. The fourth-order valence-corrected chi connectivity index (χ4v) is 4.59. The average Bonchev–Trinajstić information content (AvgIpc) is 2.93. The molecule has 0 atom stereocenters. The van der Waals surface area contributed by atoms with Crippen LogP contribution in [-0.2, 0) is 14.4 Å². The van der Waals surface area contributed by atoms with Gasteiger partial charge in [0.05, 0.1) is 6.54 Å². The van der Waals surface area contributed by atoms with E-state index in [1.54, 1.807) is 0 Å². The highest BCUT2D eigenvalue weighted by molar-refractivity contribution is 6.12. The lowest BCUT2D eigenvalue weighted by atomic mass is 9.79. The van der Waals surface area contributed by atoms with Crippen molar-refractivity contribution in [1.82, 2.24) is 10.2 Å². The maximum atomic E-state index is 12.6. The van der Waals surface area contributed by atoms with Gasteiger partial charge in [-0.3, -0.25) is 19.3 Å². The van der Waals surface area contributed by atoms with Crippen LogP contribution in [0.3, 0.4) is 0 Å². The third kappa shape index (κ3) is 5.26. The van der Waals surface area contributed by atoms with E-state index in [1.165, 1.54) is 62.0 Å². The number of Topliss-reactive ketones (excluding diaryl/α,β-unsaturated/α-hetero) is 1. The van der Waals surface area contributed by atoms with Crippen LogP contribution in [-0.4, -0.2) is 41.6 Å². The van der Waals surface area contributed by atoms with Crippen molar-refractivity contribution in [3.05, 3.63) is 12.2 Å². The Kier molecular flexibility index (Phi) is 7.00. The van der Waals surface area contributed by atoms with Crippen LogP contribution in [0.1, 0.15) is 70.6 Å². The molecule has 0 spiro atoms. The van der Waals surface area contributed by atoms with Crippen LogP contribution in [0.2, 0.25) is 0 Å². The number of rotatable bonds is 6. The van der Waals surface area contributed by atoms with Gasteiger partial charge < -0.3 is 5.32 Å². The van der Waals surface area contributed by atoms with E-state index in [4.69, 9.17) is 0 Å². The molecule has 0 aromatic heterocycles. The van der Waals surface area contributed by atoms with Crippen molar-refractivity contribution in [2.45, 2.75) is 76.7 Å². The van der Waals surface area contributed by atoms with E-state index < -0.39 is 0 Å². The summed E-state index contributed by atoms with van der Waals surface area (Å²) in [4.78, 5) is 37.2. The zero-order valence-electron chi connectivity index (χ0n) is 15.8. The van der Waals surface area contributed by atoms with Crippen molar-refractivity contribution in [3.8, 4) is 0 Å². The van der Waals surface area contributed by atoms with E-state index >= 15 is 0 Å². The molecule has 0 bridgehead atoms. The molecule has 1 N–H and O–H groups in total. The van der Waals surface area contributed by atoms with Crippen LogP contribution >= 0.6 is 0 Å². The van der Waals surface area contributed by atoms with Crippen LogP contribution in [0.4, 0.5) is 0 Å². The molecule has 0 saturated heterocycles. The lowest BCUT2D eigenvalue weighted by Crippen LogP contribution is -2.39. The van der Waals surface area contributed by atoms with E-state index in [9.17, 15) is 14.4 Å². The fraction of sp³-hybridized carbons (Fsp3) is 0.762. The average molecular weight is 360 g/mol. The van der Waals surface area contributed by atoms with Gasteiger partial charge in [-0.25, -0.2) is 0 Å². The maximum Gasteiger partial charge on any atom is 0.253 e. The molecule has 0 aromatic carbocycles. The predicted octanol–water partition coefficient (Wildman–Crippen LogP) is 2.99. The molecule has 0 radical (unpaired) electrons. The summed E-state index contributed by atoms with van der Waals surface area (Å²) in [6.45, 7) is 1.01. The molecule has 26 heavy (non-hydrogen) atoms. The molecular formula is C21H32N2O3. The Morgan fingerprint density at radius 3 is 2.08 bits per heavy atom. The van der Waals surface area contributed by atoms with Gasteiger partial charge in [0.15, 0.2) is 0 Å². The summed E-state index contributed by atoms with van der Waals surface area (Å²) in [7, 11) is 0. The molecule has 0 aromatic rings. The maximum absolute atomic E-state index is 12.6. The largest absolute Gasteiger partial charge is 0.307 e. The smallest absolute Gasteiger partial charge is 0.253 e. The molecule has 2 saturated carbocycles. The van der Waals surface area contributed by atoms with Crippen LogP contribution in [0.25, 0.3) is 0 Å². The van der Waals surface area contributed by atoms with E-state index in [2.05, 4.69) is 5.32 Å². The molecule has 2 fully saturated rings. The zero-order valence-corrected chi connectivity index (χ0v) is 15.8. The fourth-order valence-electron chi connectivity index (χ4n) is 4.59. The van der Waals surface area contributed by atoms with Crippen LogP contribution < -0.4 is 5.32 Å². The summed E-state index contributed by atoms with van der Waals surface area (Å²) in [5.41, 5.74) is 0. The minimum absolute atomic E-state index is 0.149. The lowest BCUT2D eigenvalue weighted by Gasteiger charge is -2.30. The van der Waals surface area contributed by atoms with Crippen molar-refractivity contribution in [2.75, 3.05) is 13.1 Å². The normalized spacial score (nSPS) is 28.2. The first kappa shape index (κ1) is 19.3. The first-order valence-corrected chi connectivity index (χ1v) is 10.4. The van der Waals surface area contributed by atoms with Gasteiger partial charge in [-0.1, -0.05) is 32.1 Å². The number of hydrogen-bond donors (Lipinski definition) is 1. The zero-order chi connectivity index (χ0) is 18.4. The van der Waals surface area contributed by atoms with Crippen molar-refractivity contribution in [2.24, 2.45) is 11.8 Å². The standard InChI is InChI=1S/C21H32N2O3/c24-19(14-22-18-6-4-2-1-3-5-7-18)17-10-8-16(9-11-17)15-23-20(25)12-13-21(23)26/h12-13,16-18,22H,1-11,14-15H2. The van der Waals surface area contributed by atoms with Crippen LogP contribution in [0, 0.1) is 11.8 Å². The highest BCUT2D eigenvalue weighted by Gasteiger charge is 2.31. The van der Waals surface area contributed by atoms with Crippen LogP contribution in [0.15, 0.2) is 12.2 Å². The Bertz CT molecular complexity index is 523. The van der Waals surface area contributed by atoms with Gasteiger partial charge in [0, 0.05) is 30.7 Å². The quantitative estimate of drug-likeness (QED) is 0.740. The third-order valence-electron chi connectivity index (χ3n) is 6.31. The second-order valence-corrected chi connectivity index (χ2v) is 8.23. The highest BCUT2D eigenvalue weighted by atomic mass is 16.2. The second kappa shape index (κ2) is 9.45. The Balaban J connectivity index is 1.36. The second-order valence-electron chi connectivity index (χ2n) is 8.23. The Hall–Kier alpha value is -1.49. The molecule has 5 heteroatoms. The molecule has 1 heterocycles. The molecular weight excluding hydrogens is 328 g/mol. The summed E-state index contributed by atoms with van der Waals surface area (Å²) >= 11 is 0. The molecule has 2 aliphatic carbocycles. The molecule has 144 valence electrons. The number of imide groups is 1. The van der Waals surface area contributed by atoms with Gasteiger partial charge >= 0.3 is 0 Å². The molecule has 3 rings (SSSR count). The van der Waals surface area contributed by atoms with E-state index in [1.807, 2.05) is 0 Å². The third-order valence-corrected chi connectivity index (χ3v) is 6.31. The summed E-state index contributed by atoms with van der Waals surface area (Å²) in [6.07, 6.45) is 15.3. The number of amides is 2. The summed E-state index contributed by atoms with van der Waals surface area (Å²) in [5.74, 6) is 0.439. The summed E-state index contributed by atoms with van der Waals surface area (Å²) in [5, 5.41) is 3.51. The highest BCUT2D eigenvalue weighted by Crippen LogP contribution is 2.30. The van der Waals surface area contributed by atoms with Crippen LogP contribution in [0.5, 0.6) is 0 Å². The Morgan fingerprint density at radius 2 is 1.46 bits per heavy atom. The molecule has 0 unspecified atom stereocenters. The van der Waals surface area contributed by atoms with E-state index in [0.717, 1.165) is 25.7 Å². The summed E-state index contributed by atoms with van der Waals surface area (Å²) in [6, 6.07) is 0.510. The van der Waals surface area contributed by atoms with Gasteiger partial charge in [-0.2, -0.15) is 0 Å². The van der Waals surface area contributed by atoms with Crippen molar-refractivity contribution < 1.29 is 14.4 Å². The number of nitrogens with one attached hydrogen (secondary N) is 1. The van der Waals surface area contributed by atoms with Gasteiger partial charge in [0.2, 0.25) is 0 Å². The number of carbonyl (C=O) groups excluding carboxylic acids is 3. The lowest BCUT2D eigenvalue weighted by molar-refractivity contribution is -0.138. The first-order valence-electron chi connectivity index (χ1n) is 10.4. The van der Waals surface area contributed by atoms with Gasteiger partial charge in [-0.05, 0) is 44.4 Å². The predicted molar refractivity (Wildman–Crippen MR) is 100 cm³/mol. The summed E-state index contributed by atoms with van der Waals surface area (Å²) < 4.78 is 0. The Morgan fingerprint density at radius 1 is 0.885 bits per heavy atom. The van der Waals surface area contributed by atoms with Crippen molar-refractivity contribution in [1.29, 1.82) is 0 Å². The Labute approximate surface area is 156 Å².